The molecule has 3 aromatic rings. The maximum atomic E-state index is 5.97. The largest absolute Gasteiger partial charge is 0.399 e. The van der Waals surface area contributed by atoms with Gasteiger partial charge in [0, 0.05) is 28.0 Å². The number of aromatic nitrogens is 1. The lowest BCUT2D eigenvalue weighted by molar-refractivity contribution is 1.34. The van der Waals surface area contributed by atoms with E-state index in [1.807, 2.05) is 48.5 Å². The van der Waals surface area contributed by atoms with Crippen molar-refractivity contribution in [2.45, 2.75) is 0 Å². The van der Waals surface area contributed by atoms with E-state index in [9.17, 15) is 0 Å². The summed E-state index contributed by atoms with van der Waals surface area (Å²) in [4.78, 5) is 4.37. The third-order valence-corrected chi connectivity index (χ3v) is 3.11. The minimum absolute atomic E-state index is 0.689. The number of nitrogen functional groups attached to an aromatic ring is 1. The van der Waals surface area contributed by atoms with Gasteiger partial charge in [0.15, 0.2) is 0 Å². The van der Waals surface area contributed by atoms with Gasteiger partial charge in [-0.05, 0) is 47.9 Å². The fourth-order valence-electron chi connectivity index (χ4n) is 2.00. The average Bonchev–Trinajstić information content (AvgIpc) is 2.38. The molecule has 1 heterocycles. The Morgan fingerprint density at radius 1 is 1.05 bits per heavy atom. The van der Waals surface area contributed by atoms with Crippen molar-refractivity contribution in [3.05, 3.63) is 59.8 Å². The van der Waals surface area contributed by atoms with Crippen LogP contribution in [-0.2, 0) is 0 Å². The first-order chi connectivity index (χ1) is 9.22. The van der Waals surface area contributed by atoms with Crippen LogP contribution >= 0.6 is 11.6 Å². The van der Waals surface area contributed by atoms with E-state index >= 15 is 0 Å². The van der Waals surface area contributed by atoms with E-state index in [1.165, 1.54) is 0 Å². The maximum absolute atomic E-state index is 5.97. The second kappa shape index (κ2) is 4.78. The predicted molar refractivity (Wildman–Crippen MR) is 80.9 cm³/mol. The molecule has 0 saturated heterocycles. The summed E-state index contributed by atoms with van der Waals surface area (Å²) in [6.07, 6.45) is 1.76. The number of benzene rings is 2. The van der Waals surface area contributed by atoms with E-state index in [0.717, 1.165) is 28.0 Å². The Kier molecular flexibility index (Phi) is 2.97. The molecule has 0 unspecified atom stereocenters. The molecule has 0 amide bonds. The first-order valence-electron chi connectivity index (χ1n) is 5.89. The van der Waals surface area contributed by atoms with Gasteiger partial charge in [0.2, 0.25) is 0 Å². The molecule has 3 N–H and O–H groups in total. The molecule has 0 fully saturated rings. The molecule has 0 radical (unpaired) electrons. The minimum Gasteiger partial charge on any atom is -0.399 e. The normalized spacial score (nSPS) is 10.6. The van der Waals surface area contributed by atoms with Crippen molar-refractivity contribution >= 4 is 39.6 Å². The summed E-state index contributed by atoms with van der Waals surface area (Å²) in [5.41, 5.74) is 7.44. The number of nitrogens with one attached hydrogen (secondary N) is 1. The van der Waals surface area contributed by atoms with Gasteiger partial charge in [-0.3, -0.25) is 0 Å². The Morgan fingerprint density at radius 3 is 2.79 bits per heavy atom. The van der Waals surface area contributed by atoms with Crippen LogP contribution in [0, 0.1) is 0 Å². The van der Waals surface area contributed by atoms with Crippen molar-refractivity contribution < 1.29 is 0 Å². The van der Waals surface area contributed by atoms with Gasteiger partial charge < -0.3 is 11.1 Å². The average molecular weight is 270 g/mol. The predicted octanol–water partition coefficient (Wildman–Crippen LogP) is 4.21. The molecule has 2 aromatic carbocycles. The highest BCUT2D eigenvalue weighted by Gasteiger charge is 2.03. The summed E-state index contributed by atoms with van der Waals surface area (Å²) < 4.78 is 0. The van der Waals surface area contributed by atoms with E-state index in [1.54, 1.807) is 6.20 Å². The van der Waals surface area contributed by atoms with Gasteiger partial charge in [-0.25, -0.2) is 4.98 Å². The first kappa shape index (κ1) is 11.8. The second-order valence-electron chi connectivity index (χ2n) is 4.28. The van der Waals surface area contributed by atoms with Crippen molar-refractivity contribution in [3.8, 4) is 0 Å². The molecule has 0 spiro atoms. The number of nitrogens with zero attached hydrogens (tertiary/aromatic N) is 1. The molecule has 19 heavy (non-hydrogen) atoms. The summed E-state index contributed by atoms with van der Waals surface area (Å²) in [5, 5.41) is 6.04. The second-order valence-corrected chi connectivity index (χ2v) is 4.71. The standard InChI is InChI=1S/C15H12ClN3/c16-11-2-1-3-13(9-11)19-15-14-5-4-12(17)8-10(14)6-7-18-15/h1-9H,17H2,(H,18,19). The van der Waals surface area contributed by atoms with Crippen LogP contribution in [-0.4, -0.2) is 4.98 Å². The molecule has 0 aliphatic heterocycles. The minimum atomic E-state index is 0.689. The molecule has 0 saturated carbocycles. The van der Waals surface area contributed by atoms with Crippen LogP contribution in [0.4, 0.5) is 17.2 Å². The van der Waals surface area contributed by atoms with Crippen LogP contribution in [0.3, 0.4) is 0 Å². The number of nitrogens with two attached hydrogens (primary N) is 1. The van der Waals surface area contributed by atoms with Crippen LogP contribution in [0.5, 0.6) is 0 Å². The number of halogens is 1. The van der Waals surface area contributed by atoms with E-state index < -0.39 is 0 Å². The number of hydrogen-bond donors (Lipinski definition) is 2. The number of hydrogen-bond acceptors (Lipinski definition) is 3. The lowest BCUT2D eigenvalue weighted by Crippen LogP contribution is -1.95. The van der Waals surface area contributed by atoms with Gasteiger partial charge in [-0.2, -0.15) is 0 Å². The molecule has 94 valence electrons. The van der Waals surface area contributed by atoms with E-state index in [2.05, 4.69) is 10.3 Å². The summed E-state index contributed by atoms with van der Waals surface area (Å²) in [6.45, 7) is 0. The van der Waals surface area contributed by atoms with Gasteiger partial charge in [0.1, 0.15) is 5.82 Å². The smallest absolute Gasteiger partial charge is 0.138 e. The SMILES string of the molecule is Nc1ccc2c(Nc3cccc(Cl)c3)nccc2c1. The Bertz CT molecular complexity index is 740. The quantitative estimate of drug-likeness (QED) is 0.685. The number of pyridine rings is 1. The topological polar surface area (TPSA) is 50.9 Å². The highest BCUT2D eigenvalue weighted by Crippen LogP contribution is 2.26. The fourth-order valence-corrected chi connectivity index (χ4v) is 2.19. The molecule has 0 atom stereocenters. The Labute approximate surface area is 116 Å². The van der Waals surface area contributed by atoms with Crippen LogP contribution in [0.25, 0.3) is 10.8 Å². The Hall–Kier alpha value is -2.26. The summed E-state index contributed by atoms with van der Waals surface area (Å²) >= 11 is 5.97. The summed E-state index contributed by atoms with van der Waals surface area (Å²) in [5.74, 6) is 0.791. The molecule has 0 aliphatic rings. The summed E-state index contributed by atoms with van der Waals surface area (Å²) in [7, 11) is 0. The molecule has 0 bridgehead atoms. The molecule has 0 aliphatic carbocycles. The van der Waals surface area contributed by atoms with E-state index in [0.29, 0.717) is 5.02 Å². The fraction of sp³-hybridized carbons (Fsp3) is 0. The van der Waals surface area contributed by atoms with Gasteiger partial charge in [-0.1, -0.05) is 17.7 Å². The molecular formula is C15H12ClN3. The molecule has 3 rings (SSSR count). The molecule has 3 nitrogen and oxygen atoms in total. The monoisotopic (exact) mass is 269 g/mol. The summed E-state index contributed by atoms with van der Waals surface area (Å²) in [6, 6.07) is 15.2. The number of fused-ring (bicyclic) bond motifs is 1. The van der Waals surface area contributed by atoms with Gasteiger partial charge in [0.05, 0.1) is 0 Å². The maximum Gasteiger partial charge on any atom is 0.138 e. The van der Waals surface area contributed by atoms with Crippen molar-refractivity contribution in [3.63, 3.8) is 0 Å². The van der Waals surface area contributed by atoms with Crippen molar-refractivity contribution in [1.82, 2.24) is 4.98 Å². The molecule has 1 aromatic heterocycles. The Balaban J connectivity index is 2.06. The van der Waals surface area contributed by atoms with E-state index in [4.69, 9.17) is 17.3 Å². The van der Waals surface area contributed by atoms with E-state index in [-0.39, 0.29) is 0 Å². The van der Waals surface area contributed by atoms with Crippen LogP contribution in [0.1, 0.15) is 0 Å². The number of anilines is 3. The molecule has 4 heteroatoms. The van der Waals surface area contributed by atoms with Crippen molar-refractivity contribution in [2.75, 3.05) is 11.1 Å². The van der Waals surface area contributed by atoms with Crippen LogP contribution in [0.2, 0.25) is 5.02 Å². The lowest BCUT2D eigenvalue weighted by atomic mass is 10.1. The van der Waals surface area contributed by atoms with Gasteiger partial charge in [-0.15, -0.1) is 0 Å². The van der Waals surface area contributed by atoms with Crippen LogP contribution < -0.4 is 11.1 Å². The lowest BCUT2D eigenvalue weighted by Gasteiger charge is -2.09. The third-order valence-electron chi connectivity index (χ3n) is 2.88. The highest BCUT2D eigenvalue weighted by atomic mass is 35.5. The first-order valence-corrected chi connectivity index (χ1v) is 6.27. The van der Waals surface area contributed by atoms with Crippen molar-refractivity contribution in [1.29, 1.82) is 0 Å². The van der Waals surface area contributed by atoms with Gasteiger partial charge >= 0.3 is 0 Å². The van der Waals surface area contributed by atoms with Gasteiger partial charge in [0.25, 0.3) is 0 Å². The zero-order chi connectivity index (χ0) is 13.2. The zero-order valence-corrected chi connectivity index (χ0v) is 10.9. The third kappa shape index (κ3) is 2.46. The van der Waals surface area contributed by atoms with Crippen molar-refractivity contribution in [2.24, 2.45) is 0 Å². The highest BCUT2D eigenvalue weighted by molar-refractivity contribution is 6.30. The zero-order valence-electron chi connectivity index (χ0n) is 10.1. The number of rotatable bonds is 2. The Morgan fingerprint density at radius 2 is 1.95 bits per heavy atom. The van der Waals surface area contributed by atoms with Crippen LogP contribution in [0.15, 0.2) is 54.7 Å². The molecular weight excluding hydrogens is 258 g/mol.